The van der Waals surface area contributed by atoms with Crippen molar-refractivity contribution in [2.45, 2.75) is 172 Å². The first-order valence-electron chi connectivity index (χ1n) is 17.7. The van der Waals surface area contributed by atoms with Gasteiger partial charge in [-0.25, -0.2) is 4.79 Å². The lowest BCUT2D eigenvalue weighted by molar-refractivity contribution is -0.737. The lowest BCUT2D eigenvalue weighted by Crippen LogP contribution is -3.00. The third kappa shape index (κ3) is 6.88. The van der Waals surface area contributed by atoms with Gasteiger partial charge in [0, 0.05) is 43.6 Å². The number of Topliss-reactive ketones (excluding diaryl/α,β-unsaturated/α-hetero) is 1. The number of fused-ring (bicyclic) bond motifs is 2. The summed E-state index contributed by atoms with van der Waals surface area (Å²) in [5.41, 5.74) is 11.2. The van der Waals surface area contributed by atoms with Crippen molar-refractivity contribution in [3.05, 3.63) is 0 Å². The van der Waals surface area contributed by atoms with Crippen LogP contribution in [-0.4, -0.2) is 89.1 Å². The number of epoxide rings is 1. The first-order valence-corrected chi connectivity index (χ1v) is 17.7. The minimum atomic E-state index is -0.989. The summed E-state index contributed by atoms with van der Waals surface area (Å²) in [6, 6.07) is 0.901. The molecule has 0 radical (unpaired) electrons. The zero-order valence-electron chi connectivity index (χ0n) is 28.2. The van der Waals surface area contributed by atoms with Crippen LogP contribution < -0.4 is 22.1 Å². The quantitative estimate of drug-likeness (QED) is 0.201. The Kier molecular flexibility index (Phi) is 9.51. The number of quaternary nitrogens is 1. The minimum Gasteiger partial charge on any atom is -0.457 e. The largest absolute Gasteiger partial charge is 0.457 e. The van der Waals surface area contributed by atoms with Crippen molar-refractivity contribution in [3.63, 3.8) is 0 Å². The molecule has 5 aliphatic heterocycles. The van der Waals surface area contributed by atoms with E-state index in [1.807, 2.05) is 27.7 Å². The molecule has 0 bridgehead atoms. The number of piperidine rings is 2. The molecule has 1 saturated carbocycles. The van der Waals surface area contributed by atoms with E-state index in [0.717, 1.165) is 38.5 Å². The maximum absolute atomic E-state index is 13.5. The van der Waals surface area contributed by atoms with Crippen LogP contribution in [0.4, 0.5) is 0 Å². The second-order valence-electron chi connectivity index (χ2n) is 16.5. The van der Waals surface area contributed by atoms with Gasteiger partial charge in [-0.05, 0) is 71.6 Å². The summed E-state index contributed by atoms with van der Waals surface area (Å²) in [5, 5.41) is 17.3. The molecule has 0 aromatic carbocycles. The van der Waals surface area contributed by atoms with Crippen molar-refractivity contribution in [2.75, 3.05) is 0 Å². The van der Waals surface area contributed by atoms with Gasteiger partial charge in [-0.15, -0.1) is 0 Å². The molecule has 0 aromatic heterocycles. The second kappa shape index (κ2) is 12.7. The number of ether oxygens (including phenoxy) is 4. The highest BCUT2D eigenvalue weighted by Crippen LogP contribution is 2.48. The Hall–Kier alpha value is -1.18. The van der Waals surface area contributed by atoms with Crippen LogP contribution in [0.2, 0.25) is 0 Å². The molecule has 5 heterocycles. The van der Waals surface area contributed by atoms with Crippen LogP contribution in [0, 0.1) is 29.6 Å². The molecule has 0 amide bonds. The van der Waals surface area contributed by atoms with E-state index in [0.29, 0.717) is 49.1 Å². The summed E-state index contributed by atoms with van der Waals surface area (Å²) in [6.07, 6.45) is 4.87. The van der Waals surface area contributed by atoms with Crippen molar-refractivity contribution in [1.82, 2.24) is 5.32 Å². The van der Waals surface area contributed by atoms with E-state index in [-0.39, 0.29) is 54.4 Å². The minimum absolute atomic E-state index is 0.0357. The predicted molar refractivity (Wildman–Crippen MR) is 166 cm³/mol. The maximum Gasteiger partial charge on any atom is 0.341 e. The van der Waals surface area contributed by atoms with E-state index in [1.54, 1.807) is 0 Å². The number of hydrogen-bond donors (Lipinski definition) is 5. The summed E-state index contributed by atoms with van der Waals surface area (Å²) >= 11 is 0. The zero-order chi connectivity index (χ0) is 32.4. The standard InChI is InChI=1S/C34H58N4O7/c1-16(2)21-12-19(13-29(36)37-21)22-10-18(11-28(35)38-22)7-8-26-34(6,45-26)32(41)43-27-14-20-24(44-33(27,4)5)15-25-30(31(20)40)23(39)9-17(3)42-25/h16-22,24-31,37-38,40H,7-15,35-36H2,1-6H3/p+1/t17?,18?,19?,20?,21?,22?,24?,25?,26-,27-,28?,29?,30?,31?,34+/m1/s1. The summed E-state index contributed by atoms with van der Waals surface area (Å²) in [4.78, 5) is 26.4. The molecule has 45 heavy (non-hydrogen) atoms. The number of rotatable bonds is 7. The van der Waals surface area contributed by atoms with Crippen LogP contribution in [0.25, 0.3) is 0 Å². The highest BCUT2D eigenvalue weighted by atomic mass is 16.7. The van der Waals surface area contributed by atoms with E-state index in [9.17, 15) is 14.7 Å². The van der Waals surface area contributed by atoms with Crippen LogP contribution in [0.5, 0.6) is 0 Å². The number of nitrogens with one attached hydrogen (secondary N) is 1. The van der Waals surface area contributed by atoms with Gasteiger partial charge in [-0.2, -0.15) is 0 Å². The number of esters is 1. The van der Waals surface area contributed by atoms with Crippen molar-refractivity contribution in [3.8, 4) is 0 Å². The van der Waals surface area contributed by atoms with E-state index in [4.69, 9.17) is 30.4 Å². The summed E-state index contributed by atoms with van der Waals surface area (Å²) < 4.78 is 24.7. The van der Waals surface area contributed by atoms with E-state index >= 15 is 0 Å². The smallest absolute Gasteiger partial charge is 0.341 e. The third-order valence-electron chi connectivity index (χ3n) is 12.2. The van der Waals surface area contributed by atoms with Gasteiger partial charge >= 0.3 is 5.97 Å². The number of aliphatic hydroxyl groups is 1. The Labute approximate surface area is 268 Å². The summed E-state index contributed by atoms with van der Waals surface area (Å²) in [5.74, 6) is 0.383. The van der Waals surface area contributed by atoms with Crippen molar-refractivity contribution < 1.29 is 39.0 Å². The van der Waals surface area contributed by atoms with Crippen LogP contribution in [-0.2, 0) is 28.5 Å². The molecule has 6 aliphatic rings. The molecule has 8 N–H and O–H groups in total. The lowest BCUT2D eigenvalue weighted by atomic mass is 9.67. The van der Waals surface area contributed by atoms with Gasteiger partial charge in [0.15, 0.2) is 5.60 Å². The first kappa shape index (κ1) is 33.7. The number of hydrogen-bond acceptors (Lipinski definition) is 10. The third-order valence-corrected chi connectivity index (χ3v) is 12.2. The van der Waals surface area contributed by atoms with Gasteiger partial charge in [-0.1, -0.05) is 13.8 Å². The average molecular weight is 636 g/mol. The Morgan fingerprint density at radius 3 is 2.56 bits per heavy atom. The maximum atomic E-state index is 13.5. The average Bonchev–Trinajstić information content (AvgIpc) is 3.62. The van der Waals surface area contributed by atoms with Gasteiger partial charge in [0.2, 0.25) is 0 Å². The summed E-state index contributed by atoms with van der Waals surface area (Å²) in [6.45, 7) is 12.1. The van der Waals surface area contributed by atoms with Gasteiger partial charge in [0.25, 0.3) is 0 Å². The molecule has 6 rings (SSSR count). The number of carbonyl (C=O) groups excluding carboxylic acids is 2. The zero-order valence-corrected chi connectivity index (χ0v) is 28.2. The highest BCUT2D eigenvalue weighted by Gasteiger charge is 2.62. The topological polar surface area (TPSA) is 175 Å². The molecule has 6 fully saturated rings. The predicted octanol–water partition coefficient (Wildman–Crippen LogP) is 1.08. The Bertz CT molecular complexity index is 1110. The molecule has 256 valence electrons. The molecule has 0 aromatic rings. The van der Waals surface area contributed by atoms with E-state index < -0.39 is 29.3 Å². The normalized spacial score (nSPS) is 49.6. The van der Waals surface area contributed by atoms with Gasteiger partial charge < -0.3 is 35.1 Å². The highest BCUT2D eigenvalue weighted by molar-refractivity contribution is 5.84. The van der Waals surface area contributed by atoms with Crippen LogP contribution in [0.15, 0.2) is 0 Å². The molecule has 11 heteroatoms. The second-order valence-corrected chi connectivity index (χ2v) is 16.5. The van der Waals surface area contributed by atoms with Crippen LogP contribution in [0.1, 0.15) is 99.3 Å². The Balaban J connectivity index is 1.02. The molecule has 15 atom stereocenters. The van der Waals surface area contributed by atoms with E-state index in [2.05, 4.69) is 24.5 Å². The number of carbonyl (C=O) groups is 2. The summed E-state index contributed by atoms with van der Waals surface area (Å²) in [7, 11) is 0. The number of ketones is 1. The molecule has 12 unspecified atom stereocenters. The van der Waals surface area contributed by atoms with Gasteiger partial charge in [-0.3, -0.25) is 15.8 Å². The number of aliphatic hydroxyl groups excluding tert-OH is 1. The fourth-order valence-electron chi connectivity index (χ4n) is 9.47. The molecule has 0 spiro atoms. The van der Waals surface area contributed by atoms with Crippen molar-refractivity contribution in [2.24, 2.45) is 41.1 Å². The fourth-order valence-corrected chi connectivity index (χ4v) is 9.47. The lowest BCUT2D eigenvalue weighted by Gasteiger charge is -2.53. The van der Waals surface area contributed by atoms with Gasteiger partial charge in [0.1, 0.15) is 18.1 Å². The molecule has 5 saturated heterocycles. The van der Waals surface area contributed by atoms with Crippen LogP contribution >= 0.6 is 0 Å². The van der Waals surface area contributed by atoms with Crippen LogP contribution in [0.3, 0.4) is 0 Å². The van der Waals surface area contributed by atoms with E-state index in [1.165, 1.54) is 0 Å². The van der Waals surface area contributed by atoms with Gasteiger partial charge in [0.05, 0.1) is 54.2 Å². The monoisotopic (exact) mass is 635 g/mol. The van der Waals surface area contributed by atoms with Crippen molar-refractivity contribution in [1.29, 1.82) is 0 Å². The first-order chi connectivity index (χ1) is 21.1. The Morgan fingerprint density at radius 2 is 1.82 bits per heavy atom. The molecular weight excluding hydrogens is 576 g/mol. The number of nitrogens with two attached hydrogens (primary N) is 3. The fraction of sp³-hybridized carbons (Fsp3) is 0.941. The molecule has 1 aliphatic carbocycles. The van der Waals surface area contributed by atoms with Crippen molar-refractivity contribution >= 4 is 11.8 Å². The molecular formula is C34H59N4O7+. The Morgan fingerprint density at radius 1 is 1.07 bits per heavy atom. The molecule has 11 nitrogen and oxygen atoms in total. The SMILES string of the molecule is CC1CC(=O)C2C(CC3OC(C)(C)[C@H](OC(=O)[C@@]4(C)O[C@@H]4CCC4CC(N)NC(C5CC(N)[NH2+]C(C(C)C)C5)C4)CC3C2O)O1.